The van der Waals surface area contributed by atoms with Crippen molar-refractivity contribution in [3.63, 3.8) is 0 Å². The smallest absolute Gasteiger partial charge is 0.409 e. The van der Waals surface area contributed by atoms with Crippen LogP contribution in [0.1, 0.15) is 65.2 Å². The van der Waals surface area contributed by atoms with Gasteiger partial charge >= 0.3 is 6.09 Å². The maximum Gasteiger partial charge on any atom is 0.409 e. The molecule has 1 aliphatic heterocycles. The summed E-state index contributed by atoms with van der Waals surface area (Å²) in [5.41, 5.74) is 0. The highest BCUT2D eigenvalue weighted by Gasteiger charge is 2.24. The van der Waals surface area contributed by atoms with E-state index < -0.39 is 0 Å². The van der Waals surface area contributed by atoms with Crippen LogP contribution in [0.4, 0.5) is 4.79 Å². The molecule has 0 aromatic heterocycles. The van der Waals surface area contributed by atoms with Gasteiger partial charge in [0.15, 0.2) is 0 Å². The summed E-state index contributed by atoms with van der Waals surface area (Å²) >= 11 is 0. The second-order valence-electron chi connectivity index (χ2n) is 5.69. The molecule has 5 heteroatoms. The fraction of sp³-hybridized carbons (Fsp3) is 0.875. The normalized spacial score (nSPS) is 15.8. The molecule has 1 aliphatic rings. The molecule has 0 unspecified atom stereocenters. The molecule has 0 atom stereocenters. The Morgan fingerprint density at radius 1 is 1.10 bits per heavy atom. The lowest BCUT2D eigenvalue weighted by Gasteiger charge is -2.31. The van der Waals surface area contributed by atoms with Gasteiger partial charge in [-0.05, 0) is 26.2 Å². The van der Waals surface area contributed by atoms with Crippen molar-refractivity contribution in [3.05, 3.63) is 0 Å². The molecule has 0 aromatic carbocycles. The maximum absolute atomic E-state index is 11.8. The molecule has 1 heterocycles. The molecule has 0 spiro atoms. The van der Waals surface area contributed by atoms with Crippen molar-refractivity contribution >= 4 is 12.0 Å². The van der Waals surface area contributed by atoms with Crippen LogP contribution >= 0.6 is 0 Å². The molecule has 2 amide bonds. The van der Waals surface area contributed by atoms with Gasteiger partial charge in [0.2, 0.25) is 5.91 Å². The van der Waals surface area contributed by atoms with Crippen LogP contribution in [0, 0.1) is 0 Å². The molecular formula is C16H30N2O3. The van der Waals surface area contributed by atoms with E-state index in [0.717, 1.165) is 25.7 Å². The second-order valence-corrected chi connectivity index (χ2v) is 5.69. The average molecular weight is 298 g/mol. The number of carbonyl (C=O) groups excluding carboxylic acids is 2. The molecule has 0 saturated carbocycles. The Bertz CT molecular complexity index is 313. The van der Waals surface area contributed by atoms with Crippen molar-refractivity contribution in [1.82, 2.24) is 10.2 Å². The van der Waals surface area contributed by atoms with Gasteiger partial charge in [0, 0.05) is 25.6 Å². The highest BCUT2D eigenvalue weighted by molar-refractivity contribution is 5.76. The minimum absolute atomic E-state index is 0.154. The zero-order valence-electron chi connectivity index (χ0n) is 13.5. The van der Waals surface area contributed by atoms with Gasteiger partial charge in [-0.25, -0.2) is 4.79 Å². The summed E-state index contributed by atoms with van der Waals surface area (Å²) in [4.78, 5) is 25.1. The van der Waals surface area contributed by atoms with E-state index in [4.69, 9.17) is 4.74 Å². The van der Waals surface area contributed by atoms with Crippen LogP contribution in [0.25, 0.3) is 0 Å². The molecule has 1 saturated heterocycles. The summed E-state index contributed by atoms with van der Waals surface area (Å²) in [6.45, 7) is 5.74. The highest BCUT2D eigenvalue weighted by atomic mass is 16.6. The van der Waals surface area contributed by atoms with E-state index in [1.165, 1.54) is 19.3 Å². The van der Waals surface area contributed by atoms with E-state index in [2.05, 4.69) is 12.2 Å². The maximum atomic E-state index is 11.8. The van der Waals surface area contributed by atoms with E-state index in [-0.39, 0.29) is 18.0 Å². The summed E-state index contributed by atoms with van der Waals surface area (Å²) in [5, 5.41) is 3.08. The van der Waals surface area contributed by atoms with Gasteiger partial charge < -0.3 is 15.0 Å². The summed E-state index contributed by atoms with van der Waals surface area (Å²) in [6.07, 6.45) is 7.86. The number of likely N-dealkylation sites (tertiary alicyclic amines) is 1. The largest absolute Gasteiger partial charge is 0.450 e. The number of ether oxygens (including phenoxy) is 1. The lowest BCUT2D eigenvalue weighted by molar-refractivity contribution is -0.122. The molecule has 21 heavy (non-hydrogen) atoms. The molecule has 0 bridgehead atoms. The van der Waals surface area contributed by atoms with Crippen LogP contribution in [0.5, 0.6) is 0 Å². The predicted molar refractivity (Wildman–Crippen MR) is 83.1 cm³/mol. The molecule has 1 N–H and O–H groups in total. The second kappa shape index (κ2) is 10.5. The van der Waals surface area contributed by atoms with Crippen molar-refractivity contribution in [3.8, 4) is 0 Å². The third kappa shape index (κ3) is 7.34. The lowest BCUT2D eigenvalue weighted by atomic mass is 10.0. The van der Waals surface area contributed by atoms with Crippen LogP contribution in [0.2, 0.25) is 0 Å². The predicted octanol–water partition coefficient (Wildman–Crippen LogP) is 3.08. The minimum Gasteiger partial charge on any atom is -0.450 e. The van der Waals surface area contributed by atoms with Crippen molar-refractivity contribution in [2.24, 2.45) is 0 Å². The molecule has 1 fully saturated rings. The first kappa shape index (κ1) is 17.8. The Labute approximate surface area is 128 Å². The van der Waals surface area contributed by atoms with Crippen LogP contribution in [0.3, 0.4) is 0 Å². The van der Waals surface area contributed by atoms with Crippen molar-refractivity contribution in [2.45, 2.75) is 71.3 Å². The highest BCUT2D eigenvalue weighted by Crippen LogP contribution is 2.12. The molecule has 5 nitrogen and oxygen atoms in total. The number of rotatable bonds is 8. The summed E-state index contributed by atoms with van der Waals surface area (Å²) in [6, 6.07) is 0.207. The first-order valence-corrected chi connectivity index (χ1v) is 8.38. The third-order valence-electron chi connectivity index (χ3n) is 3.89. The Morgan fingerprint density at radius 3 is 2.38 bits per heavy atom. The number of hydrogen-bond acceptors (Lipinski definition) is 3. The Morgan fingerprint density at radius 2 is 1.76 bits per heavy atom. The van der Waals surface area contributed by atoms with E-state index in [1.54, 1.807) is 4.90 Å². The first-order valence-electron chi connectivity index (χ1n) is 8.38. The molecule has 1 rings (SSSR count). The number of piperidine rings is 1. The van der Waals surface area contributed by atoms with Crippen molar-refractivity contribution < 1.29 is 14.3 Å². The van der Waals surface area contributed by atoms with Crippen LogP contribution < -0.4 is 5.32 Å². The van der Waals surface area contributed by atoms with E-state index in [9.17, 15) is 9.59 Å². The minimum atomic E-state index is -0.238. The Kier molecular flexibility index (Phi) is 8.87. The summed E-state index contributed by atoms with van der Waals surface area (Å²) < 4.78 is 4.98. The molecule has 0 aromatic rings. The van der Waals surface area contributed by atoms with Gasteiger partial charge in [-0.3, -0.25) is 4.79 Å². The van der Waals surface area contributed by atoms with Gasteiger partial charge in [0.1, 0.15) is 0 Å². The summed E-state index contributed by atoms with van der Waals surface area (Å²) in [5.74, 6) is 0.154. The Balaban J connectivity index is 2.11. The van der Waals surface area contributed by atoms with Gasteiger partial charge in [0.05, 0.1) is 6.61 Å². The standard InChI is InChI=1S/C16H30N2O3/c1-3-5-6-7-8-9-15(19)17-14-10-12-18(13-11-14)16(20)21-4-2/h14H,3-13H2,1-2H3,(H,17,19). The first-order chi connectivity index (χ1) is 10.2. The summed E-state index contributed by atoms with van der Waals surface area (Å²) in [7, 11) is 0. The van der Waals surface area contributed by atoms with Crippen LogP contribution in [-0.4, -0.2) is 42.6 Å². The van der Waals surface area contributed by atoms with Gasteiger partial charge in [0.25, 0.3) is 0 Å². The fourth-order valence-corrected chi connectivity index (χ4v) is 2.61. The fourth-order valence-electron chi connectivity index (χ4n) is 2.61. The van der Waals surface area contributed by atoms with E-state index in [0.29, 0.717) is 26.1 Å². The lowest BCUT2D eigenvalue weighted by Crippen LogP contribution is -2.46. The average Bonchev–Trinajstić information content (AvgIpc) is 2.48. The molecule has 0 aliphatic carbocycles. The van der Waals surface area contributed by atoms with Gasteiger partial charge in [-0.1, -0.05) is 32.6 Å². The van der Waals surface area contributed by atoms with Crippen molar-refractivity contribution in [1.29, 1.82) is 0 Å². The van der Waals surface area contributed by atoms with Crippen LogP contribution in [-0.2, 0) is 9.53 Å². The topological polar surface area (TPSA) is 58.6 Å². The number of nitrogens with one attached hydrogen (secondary N) is 1. The Hall–Kier alpha value is -1.26. The van der Waals surface area contributed by atoms with Crippen molar-refractivity contribution in [2.75, 3.05) is 19.7 Å². The molecular weight excluding hydrogens is 268 g/mol. The van der Waals surface area contributed by atoms with E-state index >= 15 is 0 Å². The number of amides is 2. The zero-order valence-corrected chi connectivity index (χ0v) is 13.5. The van der Waals surface area contributed by atoms with Crippen LogP contribution in [0.15, 0.2) is 0 Å². The monoisotopic (exact) mass is 298 g/mol. The zero-order chi connectivity index (χ0) is 15.5. The number of hydrogen-bond donors (Lipinski definition) is 1. The third-order valence-corrected chi connectivity index (χ3v) is 3.89. The molecule has 122 valence electrons. The quantitative estimate of drug-likeness (QED) is 0.701. The van der Waals surface area contributed by atoms with E-state index in [1.807, 2.05) is 6.92 Å². The number of unbranched alkanes of at least 4 members (excludes halogenated alkanes) is 4. The van der Waals surface area contributed by atoms with Gasteiger partial charge in [-0.2, -0.15) is 0 Å². The SMILES string of the molecule is CCCCCCCC(=O)NC1CCN(C(=O)OCC)CC1. The van der Waals surface area contributed by atoms with Gasteiger partial charge in [-0.15, -0.1) is 0 Å². The molecule has 0 radical (unpaired) electrons. The number of nitrogens with zero attached hydrogens (tertiary/aromatic N) is 1. The number of carbonyl (C=O) groups is 2.